The maximum absolute atomic E-state index is 12.1. The van der Waals surface area contributed by atoms with Crippen LogP contribution in [0.2, 0.25) is 0 Å². The van der Waals surface area contributed by atoms with E-state index in [-0.39, 0.29) is 5.97 Å². The number of ether oxygens (including phenoxy) is 1. The summed E-state index contributed by atoms with van der Waals surface area (Å²) < 4.78 is 5.68. The maximum Gasteiger partial charge on any atom is 0.305 e. The minimum atomic E-state index is 0.0225. The molecule has 5 nitrogen and oxygen atoms in total. The number of esters is 1. The molecule has 5 heteroatoms. The van der Waals surface area contributed by atoms with Gasteiger partial charge < -0.3 is 9.64 Å². The monoisotopic (exact) mass is 720 g/mol. The zero-order valence-electron chi connectivity index (χ0n) is 37.7. The molecule has 0 aromatic carbocycles. The van der Waals surface area contributed by atoms with Crippen LogP contribution in [0.15, 0.2) is 0 Å². The first-order chi connectivity index (χ1) is 24.3. The lowest BCUT2D eigenvalue weighted by Crippen LogP contribution is -2.23. The van der Waals surface area contributed by atoms with Gasteiger partial charge in [-0.2, -0.15) is 0 Å². The van der Waals surface area contributed by atoms with E-state index < -0.39 is 0 Å². The lowest BCUT2D eigenvalue weighted by Gasteiger charge is -2.18. The lowest BCUT2D eigenvalue weighted by atomic mass is 9.95. The molecule has 0 spiro atoms. The van der Waals surface area contributed by atoms with Crippen molar-refractivity contribution in [3.63, 3.8) is 0 Å². The summed E-state index contributed by atoms with van der Waals surface area (Å²) in [5, 5.41) is 0. The second-order valence-electron chi connectivity index (χ2n) is 13.1. The molecule has 0 bridgehead atoms. The number of hydrogen-bond acceptors (Lipinski definition) is 5. The number of hydrogen-bond donors (Lipinski definition) is 0. The SMILES string of the molecule is CC.CCC.CCCCC.CCCCCC.CCCCCCCCC(CCCCCC)COC(=O)CCCCCN(CC)CC.CCOOC. The Labute approximate surface area is 319 Å². The maximum atomic E-state index is 12.1. The van der Waals surface area contributed by atoms with Crippen molar-refractivity contribution in [2.24, 2.45) is 5.92 Å². The Morgan fingerprint density at radius 3 is 1.26 bits per heavy atom. The Morgan fingerprint density at radius 2 is 0.900 bits per heavy atom. The van der Waals surface area contributed by atoms with Crippen LogP contribution < -0.4 is 0 Å². The molecule has 0 aliphatic rings. The summed E-state index contributed by atoms with van der Waals surface area (Å²) in [6, 6.07) is 0. The van der Waals surface area contributed by atoms with Gasteiger partial charge in [-0.15, -0.1) is 0 Å². The number of carbonyl (C=O) groups is 1. The van der Waals surface area contributed by atoms with Crippen molar-refractivity contribution in [1.29, 1.82) is 0 Å². The summed E-state index contributed by atoms with van der Waals surface area (Å²) in [4.78, 5) is 23.1. The number of carbonyl (C=O) groups excluding carboxylic acids is 1. The summed E-state index contributed by atoms with van der Waals surface area (Å²) in [6.45, 7) is 32.6. The Morgan fingerprint density at radius 1 is 0.520 bits per heavy atom. The summed E-state index contributed by atoms with van der Waals surface area (Å²) in [7, 11) is 1.49. The van der Waals surface area contributed by atoms with E-state index in [0.717, 1.165) is 32.5 Å². The van der Waals surface area contributed by atoms with E-state index >= 15 is 0 Å². The molecule has 1 unspecified atom stereocenters. The van der Waals surface area contributed by atoms with Crippen molar-refractivity contribution in [3.05, 3.63) is 0 Å². The topological polar surface area (TPSA) is 48.0 Å². The lowest BCUT2D eigenvalue weighted by molar-refractivity contribution is -0.268. The van der Waals surface area contributed by atoms with Gasteiger partial charge in [-0.05, 0) is 58.2 Å². The summed E-state index contributed by atoms with van der Waals surface area (Å²) in [5.41, 5.74) is 0. The normalized spacial score (nSPS) is 10.5. The summed E-state index contributed by atoms with van der Waals surface area (Å²) in [5.74, 6) is 0.596. The van der Waals surface area contributed by atoms with Gasteiger partial charge in [0.25, 0.3) is 0 Å². The molecule has 0 saturated carbocycles. The number of unbranched alkanes of at least 4 members (excludes halogenated alkanes) is 15. The van der Waals surface area contributed by atoms with Crippen LogP contribution in [0.3, 0.4) is 0 Å². The molecule has 1 atom stereocenters. The minimum Gasteiger partial charge on any atom is -0.465 e. The van der Waals surface area contributed by atoms with Crippen LogP contribution >= 0.6 is 0 Å². The van der Waals surface area contributed by atoms with Gasteiger partial charge in [0.15, 0.2) is 0 Å². The van der Waals surface area contributed by atoms with E-state index in [1.807, 2.05) is 20.8 Å². The van der Waals surface area contributed by atoms with Crippen molar-refractivity contribution in [2.75, 3.05) is 40.0 Å². The largest absolute Gasteiger partial charge is 0.465 e. The summed E-state index contributed by atoms with van der Waals surface area (Å²) in [6.07, 6.45) is 30.5. The zero-order valence-corrected chi connectivity index (χ0v) is 37.7. The molecule has 0 fully saturated rings. The smallest absolute Gasteiger partial charge is 0.305 e. The third kappa shape index (κ3) is 72.9. The molecule has 310 valence electrons. The van der Waals surface area contributed by atoms with Crippen LogP contribution in [0.1, 0.15) is 244 Å². The Kier molecular flexibility index (Phi) is 81.7. The fraction of sp³-hybridized carbons (Fsp3) is 0.978. The first kappa shape index (κ1) is 61.4. The third-order valence-corrected chi connectivity index (χ3v) is 8.06. The standard InChI is InChI=1S/C26H53NO2.C6H14.C5H12.C3H8O2.C3H8.C2H6/c1-5-9-11-13-14-17-21-25(20-16-12-10-6-2)24-29-26(28)22-18-15-19-23-27(7-3)8-4;1-3-5-6-4-2;2*1-3-5-4-2;1-3-2;1-2/h25H,5-24H2,1-4H3;3-6H2,1-2H3;3-5H2,1-2H3;3H2,1-2H3;3H2,1-2H3;1-2H3. The average molecular weight is 720 g/mol. The average Bonchev–Trinajstić information content (AvgIpc) is 3.13. The fourth-order valence-corrected chi connectivity index (χ4v) is 4.96. The highest BCUT2D eigenvalue weighted by molar-refractivity contribution is 5.69. The highest BCUT2D eigenvalue weighted by Gasteiger charge is 2.12. The molecular formula is C45H101NO4. The molecule has 0 N–H and O–H groups in total. The predicted octanol–water partition coefficient (Wildman–Crippen LogP) is 15.6. The van der Waals surface area contributed by atoms with E-state index in [0.29, 0.717) is 25.6 Å². The molecule has 0 amide bonds. The molecule has 0 radical (unpaired) electrons. The zero-order chi connectivity index (χ0) is 39.4. The van der Waals surface area contributed by atoms with Crippen molar-refractivity contribution in [3.8, 4) is 0 Å². The van der Waals surface area contributed by atoms with E-state index in [1.54, 1.807) is 0 Å². The predicted molar refractivity (Wildman–Crippen MR) is 228 cm³/mol. The van der Waals surface area contributed by atoms with Gasteiger partial charge >= 0.3 is 5.97 Å². The van der Waals surface area contributed by atoms with Crippen LogP contribution in [-0.2, 0) is 19.3 Å². The van der Waals surface area contributed by atoms with Gasteiger partial charge in [0, 0.05) is 6.42 Å². The second-order valence-corrected chi connectivity index (χ2v) is 13.1. The second kappa shape index (κ2) is 66.6. The number of nitrogens with zero attached hydrogens (tertiary/aromatic N) is 1. The van der Waals surface area contributed by atoms with E-state index in [1.165, 1.54) is 142 Å². The highest BCUT2D eigenvalue weighted by Crippen LogP contribution is 2.20. The van der Waals surface area contributed by atoms with Crippen molar-refractivity contribution < 1.29 is 19.3 Å². The van der Waals surface area contributed by atoms with Crippen LogP contribution in [0.25, 0.3) is 0 Å². The van der Waals surface area contributed by atoms with E-state index in [2.05, 4.69) is 83.9 Å². The molecule has 0 saturated heterocycles. The van der Waals surface area contributed by atoms with Gasteiger partial charge in [0.1, 0.15) is 0 Å². The number of rotatable bonds is 29. The van der Waals surface area contributed by atoms with Crippen LogP contribution in [0.4, 0.5) is 0 Å². The van der Waals surface area contributed by atoms with E-state index in [4.69, 9.17) is 4.74 Å². The third-order valence-electron chi connectivity index (χ3n) is 8.06. The van der Waals surface area contributed by atoms with Gasteiger partial charge in [-0.3, -0.25) is 4.79 Å². The molecule has 0 heterocycles. The minimum absolute atomic E-state index is 0.0225. The van der Waals surface area contributed by atoms with Crippen LogP contribution in [0, 0.1) is 5.92 Å². The first-order valence-corrected chi connectivity index (χ1v) is 22.4. The van der Waals surface area contributed by atoms with E-state index in [9.17, 15) is 4.79 Å². The molecule has 0 aliphatic carbocycles. The molecule has 0 rings (SSSR count). The fourth-order valence-electron chi connectivity index (χ4n) is 4.96. The Bertz CT molecular complexity index is 485. The van der Waals surface area contributed by atoms with Crippen LogP contribution in [-0.4, -0.2) is 50.8 Å². The highest BCUT2D eigenvalue weighted by atomic mass is 17.2. The van der Waals surface area contributed by atoms with Crippen LogP contribution in [0.5, 0.6) is 0 Å². The Balaban J connectivity index is -0.000000186. The quantitative estimate of drug-likeness (QED) is 0.0333. The van der Waals surface area contributed by atoms with Crippen molar-refractivity contribution in [2.45, 2.75) is 244 Å². The van der Waals surface area contributed by atoms with Gasteiger partial charge in [-0.1, -0.05) is 205 Å². The molecular weight excluding hydrogens is 618 g/mol. The molecule has 50 heavy (non-hydrogen) atoms. The van der Waals surface area contributed by atoms with Crippen molar-refractivity contribution in [1.82, 2.24) is 4.90 Å². The molecule has 0 aromatic heterocycles. The van der Waals surface area contributed by atoms with Gasteiger partial charge in [0.2, 0.25) is 0 Å². The van der Waals surface area contributed by atoms with Gasteiger partial charge in [0.05, 0.1) is 20.3 Å². The Hall–Kier alpha value is -0.650. The molecule has 0 aliphatic heterocycles. The molecule has 0 aromatic rings. The summed E-state index contributed by atoms with van der Waals surface area (Å²) >= 11 is 0. The van der Waals surface area contributed by atoms with Gasteiger partial charge in [-0.25, -0.2) is 9.78 Å². The first-order valence-electron chi connectivity index (χ1n) is 22.4. The van der Waals surface area contributed by atoms with Crippen molar-refractivity contribution >= 4 is 5.97 Å².